The molecule has 1 spiro atoms. The highest BCUT2D eigenvalue weighted by molar-refractivity contribution is 5.70. The highest BCUT2D eigenvalue weighted by atomic mass is 16.7. The molecule has 5 heterocycles. The van der Waals surface area contributed by atoms with Crippen molar-refractivity contribution in [2.45, 2.75) is 172 Å². The van der Waals surface area contributed by atoms with Crippen LogP contribution in [0.1, 0.15) is 107 Å². The molecule has 272 valence electrons. The average Bonchev–Trinajstić information content (AvgIpc) is 3.73. The van der Waals surface area contributed by atoms with Gasteiger partial charge in [0.2, 0.25) is 0 Å². The molecule has 0 amide bonds. The number of aliphatic carboxylic acids is 1. The minimum Gasteiger partial charge on any atom is -0.481 e. The molecule has 0 saturated carbocycles. The molecule has 0 aliphatic carbocycles. The first-order valence-corrected chi connectivity index (χ1v) is 18.1. The van der Waals surface area contributed by atoms with Gasteiger partial charge in [-0.15, -0.1) is 0 Å². The molecule has 0 aromatic carbocycles. The van der Waals surface area contributed by atoms with E-state index >= 15 is 0 Å². The molecule has 0 unspecified atom stereocenters. The second-order valence-corrected chi connectivity index (χ2v) is 16.3. The molecule has 17 atom stereocenters. The summed E-state index contributed by atoms with van der Waals surface area (Å²) in [5.41, 5.74) is -1.15. The van der Waals surface area contributed by atoms with Crippen LogP contribution in [0.5, 0.6) is 0 Å². The molecule has 11 heteroatoms. The van der Waals surface area contributed by atoms with Crippen LogP contribution < -0.4 is 0 Å². The van der Waals surface area contributed by atoms with Gasteiger partial charge < -0.3 is 48.8 Å². The van der Waals surface area contributed by atoms with Crippen LogP contribution in [0.2, 0.25) is 0 Å². The Kier molecular flexibility index (Phi) is 10.9. The molecule has 5 aliphatic rings. The fraction of sp³-hybridized carbons (Fsp3) is 0.972. The SMILES string of the molecule is CC[C@@]1([C@@H]2O[C@@H]([C@H]3O[C@@](O)(CO)[C@H](C)C[C@@H]3C)C[C@@H]2C)CC[C@H]([C@@]2(C)CC[C@]3(C[C@H](O)[C@@H](C)[C@@H]([C@@H](C)[C@H](OC)[C@@H](C)C(=O)O)O3)O2)O1. The highest BCUT2D eigenvalue weighted by Crippen LogP contribution is 2.55. The molecular formula is C36H62O11. The Morgan fingerprint density at radius 2 is 1.72 bits per heavy atom. The minimum absolute atomic E-state index is 0.153. The number of carbonyl (C=O) groups is 1. The summed E-state index contributed by atoms with van der Waals surface area (Å²) in [7, 11) is 1.52. The van der Waals surface area contributed by atoms with Gasteiger partial charge in [0.15, 0.2) is 11.6 Å². The lowest BCUT2D eigenvalue weighted by Gasteiger charge is -2.49. The molecule has 0 bridgehead atoms. The first-order valence-electron chi connectivity index (χ1n) is 18.1. The van der Waals surface area contributed by atoms with Crippen LogP contribution >= 0.6 is 0 Å². The Bertz CT molecular complexity index is 1110. The van der Waals surface area contributed by atoms with Crippen molar-refractivity contribution in [2.24, 2.45) is 35.5 Å². The number of carboxylic acids is 1. The summed E-state index contributed by atoms with van der Waals surface area (Å²) in [4.78, 5) is 11.8. The lowest BCUT2D eigenvalue weighted by Crippen LogP contribution is -2.57. The molecule has 0 aromatic rings. The van der Waals surface area contributed by atoms with Crippen LogP contribution in [0.3, 0.4) is 0 Å². The molecule has 5 rings (SSSR count). The minimum atomic E-state index is -1.56. The summed E-state index contributed by atoms with van der Waals surface area (Å²) in [6.45, 7) is 15.6. The van der Waals surface area contributed by atoms with Crippen LogP contribution in [0.25, 0.3) is 0 Å². The number of hydrogen-bond donors (Lipinski definition) is 4. The standard InChI is InChI=1S/C36H62O11/c1-10-34(31-20(3)16-26(43-31)28-19(2)15-21(4)36(41,18-37)46-28)12-11-27(44-34)33(8)13-14-35(47-33)17-25(38)22(5)30(45-35)23(6)29(42-9)24(7)32(39)40/h19-31,37-38,41H,10-18H2,1-9H3,(H,39,40)/t19-,20-,21+,22+,23-,24+,25-,26+,27+,28-,29-,30-,31+,33+,34-,35+,36-/m0/s1. The normalized spacial score (nSPS) is 50.9. The number of carboxylic acid groups (broad SMARTS) is 1. The van der Waals surface area contributed by atoms with Crippen molar-refractivity contribution in [2.75, 3.05) is 13.7 Å². The van der Waals surface area contributed by atoms with E-state index in [1.807, 2.05) is 20.8 Å². The van der Waals surface area contributed by atoms with Gasteiger partial charge in [-0.3, -0.25) is 4.79 Å². The third-order valence-electron chi connectivity index (χ3n) is 13.0. The van der Waals surface area contributed by atoms with Gasteiger partial charge in [-0.25, -0.2) is 0 Å². The molecule has 4 N–H and O–H groups in total. The largest absolute Gasteiger partial charge is 0.481 e. The van der Waals surface area contributed by atoms with Crippen LogP contribution in [0.4, 0.5) is 0 Å². The number of methoxy groups -OCH3 is 1. The molecule has 5 fully saturated rings. The fourth-order valence-corrected chi connectivity index (χ4v) is 9.91. The van der Waals surface area contributed by atoms with E-state index in [-0.39, 0.29) is 54.0 Å². The van der Waals surface area contributed by atoms with Gasteiger partial charge in [0.25, 0.3) is 0 Å². The van der Waals surface area contributed by atoms with E-state index in [0.717, 1.165) is 32.1 Å². The fourth-order valence-electron chi connectivity index (χ4n) is 9.91. The van der Waals surface area contributed by atoms with E-state index < -0.39 is 59.6 Å². The maximum absolute atomic E-state index is 11.8. The van der Waals surface area contributed by atoms with E-state index in [1.54, 1.807) is 6.92 Å². The summed E-state index contributed by atoms with van der Waals surface area (Å²) < 4.78 is 39.4. The van der Waals surface area contributed by atoms with Crippen molar-refractivity contribution < 1.29 is 53.6 Å². The quantitative estimate of drug-likeness (QED) is 0.264. The number of hydrogen-bond acceptors (Lipinski definition) is 10. The summed E-state index contributed by atoms with van der Waals surface area (Å²) >= 11 is 0. The Hall–Kier alpha value is -0.890. The van der Waals surface area contributed by atoms with Crippen LogP contribution in [0.15, 0.2) is 0 Å². The summed E-state index contributed by atoms with van der Waals surface area (Å²) in [5.74, 6) is -4.52. The Labute approximate surface area is 281 Å². The van der Waals surface area contributed by atoms with Gasteiger partial charge in [0.1, 0.15) is 0 Å². The molecule has 47 heavy (non-hydrogen) atoms. The number of aliphatic hydroxyl groups excluding tert-OH is 2. The van der Waals surface area contributed by atoms with Gasteiger partial charge in [0.05, 0.1) is 66.5 Å². The highest BCUT2D eigenvalue weighted by Gasteiger charge is 2.62. The topological polar surface area (TPSA) is 153 Å². The van der Waals surface area contributed by atoms with E-state index in [1.165, 1.54) is 7.11 Å². The monoisotopic (exact) mass is 670 g/mol. The van der Waals surface area contributed by atoms with Crippen LogP contribution in [-0.2, 0) is 33.2 Å². The number of aliphatic hydroxyl groups is 3. The first kappa shape index (κ1) is 37.4. The molecule has 5 saturated heterocycles. The molecule has 11 nitrogen and oxygen atoms in total. The molecular weight excluding hydrogens is 608 g/mol. The predicted octanol–water partition coefficient (Wildman–Crippen LogP) is 4.27. The summed E-state index contributed by atoms with van der Waals surface area (Å²) in [6, 6.07) is 0. The third-order valence-corrected chi connectivity index (χ3v) is 13.0. The van der Waals surface area contributed by atoms with Gasteiger partial charge in [-0.05, 0) is 64.2 Å². The smallest absolute Gasteiger partial charge is 0.308 e. The lowest BCUT2D eigenvalue weighted by atomic mass is 9.78. The van der Waals surface area contributed by atoms with Crippen molar-refractivity contribution in [3.63, 3.8) is 0 Å². The van der Waals surface area contributed by atoms with E-state index in [4.69, 9.17) is 28.4 Å². The molecule has 0 radical (unpaired) electrons. The zero-order valence-corrected chi connectivity index (χ0v) is 30.0. The zero-order valence-electron chi connectivity index (χ0n) is 30.0. The number of rotatable bonds is 10. The van der Waals surface area contributed by atoms with Crippen LogP contribution in [0, 0.1) is 35.5 Å². The van der Waals surface area contributed by atoms with Gasteiger partial charge in [-0.1, -0.05) is 41.5 Å². The van der Waals surface area contributed by atoms with Crippen molar-refractivity contribution in [3.8, 4) is 0 Å². The lowest BCUT2D eigenvalue weighted by molar-refractivity contribution is -0.336. The van der Waals surface area contributed by atoms with Gasteiger partial charge >= 0.3 is 5.97 Å². The van der Waals surface area contributed by atoms with Gasteiger partial charge in [0, 0.05) is 37.7 Å². The van der Waals surface area contributed by atoms with Crippen molar-refractivity contribution >= 4 is 5.97 Å². The third kappa shape index (κ3) is 6.67. The Balaban J connectivity index is 1.29. The maximum Gasteiger partial charge on any atom is 0.308 e. The van der Waals surface area contributed by atoms with Crippen molar-refractivity contribution in [3.05, 3.63) is 0 Å². The zero-order chi connectivity index (χ0) is 34.7. The van der Waals surface area contributed by atoms with Crippen molar-refractivity contribution in [1.29, 1.82) is 0 Å². The van der Waals surface area contributed by atoms with E-state index in [9.17, 15) is 25.2 Å². The number of ether oxygens (including phenoxy) is 6. The van der Waals surface area contributed by atoms with Crippen LogP contribution in [-0.4, -0.2) is 106 Å². The van der Waals surface area contributed by atoms with E-state index in [2.05, 4.69) is 27.7 Å². The predicted molar refractivity (Wildman–Crippen MR) is 172 cm³/mol. The van der Waals surface area contributed by atoms with Crippen molar-refractivity contribution in [1.82, 2.24) is 0 Å². The second kappa shape index (κ2) is 13.7. The van der Waals surface area contributed by atoms with E-state index in [0.29, 0.717) is 19.3 Å². The average molecular weight is 671 g/mol. The summed E-state index contributed by atoms with van der Waals surface area (Å²) in [5, 5.41) is 41.8. The molecule has 5 aliphatic heterocycles. The van der Waals surface area contributed by atoms with Gasteiger partial charge in [-0.2, -0.15) is 0 Å². The maximum atomic E-state index is 11.8. The Morgan fingerprint density at radius 3 is 2.34 bits per heavy atom. The summed E-state index contributed by atoms with van der Waals surface area (Å²) in [6.07, 6.45) is 2.99. The Morgan fingerprint density at radius 1 is 1.02 bits per heavy atom. The molecule has 0 aromatic heterocycles. The second-order valence-electron chi connectivity index (χ2n) is 16.3. The first-order chi connectivity index (χ1) is 22.0.